The SMILES string of the molecule is COC(C)CN1CCN(C(C)C)CC1(C)C. The zero-order chi connectivity index (χ0) is 12.3. The van der Waals surface area contributed by atoms with Crippen LogP contribution in [0.15, 0.2) is 0 Å². The molecule has 1 saturated heterocycles. The average molecular weight is 228 g/mol. The van der Waals surface area contributed by atoms with Gasteiger partial charge in [-0.25, -0.2) is 0 Å². The summed E-state index contributed by atoms with van der Waals surface area (Å²) in [5.74, 6) is 0. The van der Waals surface area contributed by atoms with Gasteiger partial charge in [0.2, 0.25) is 0 Å². The smallest absolute Gasteiger partial charge is 0.0670 e. The summed E-state index contributed by atoms with van der Waals surface area (Å²) in [4.78, 5) is 5.12. The predicted octanol–water partition coefficient (Wildman–Crippen LogP) is 1.83. The molecule has 1 atom stereocenters. The largest absolute Gasteiger partial charge is 0.380 e. The summed E-state index contributed by atoms with van der Waals surface area (Å²) in [6, 6.07) is 0.654. The molecule has 96 valence electrons. The molecule has 0 spiro atoms. The van der Waals surface area contributed by atoms with Crippen molar-refractivity contribution in [2.24, 2.45) is 0 Å². The fourth-order valence-electron chi connectivity index (χ4n) is 2.39. The van der Waals surface area contributed by atoms with Gasteiger partial charge in [0.05, 0.1) is 6.10 Å². The first kappa shape index (κ1) is 13.9. The van der Waals surface area contributed by atoms with E-state index in [4.69, 9.17) is 4.74 Å². The van der Waals surface area contributed by atoms with E-state index in [1.54, 1.807) is 7.11 Å². The molecule has 0 bridgehead atoms. The fraction of sp³-hybridized carbons (Fsp3) is 1.00. The summed E-state index contributed by atoms with van der Waals surface area (Å²) in [6.07, 6.45) is 0.324. The van der Waals surface area contributed by atoms with E-state index in [-0.39, 0.29) is 5.54 Å². The van der Waals surface area contributed by atoms with Gasteiger partial charge in [0.25, 0.3) is 0 Å². The summed E-state index contributed by atoms with van der Waals surface area (Å²) in [5.41, 5.74) is 0.259. The third-order valence-corrected chi connectivity index (χ3v) is 3.71. The van der Waals surface area contributed by atoms with Crippen LogP contribution in [-0.4, -0.2) is 60.8 Å². The maximum Gasteiger partial charge on any atom is 0.0670 e. The normalized spacial score (nSPS) is 24.9. The quantitative estimate of drug-likeness (QED) is 0.730. The van der Waals surface area contributed by atoms with Gasteiger partial charge in [-0.15, -0.1) is 0 Å². The lowest BCUT2D eigenvalue weighted by molar-refractivity contribution is -0.0248. The number of hydrogen-bond acceptors (Lipinski definition) is 3. The molecule has 0 amide bonds. The second-order valence-electron chi connectivity index (χ2n) is 5.87. The molecular formula is C13H28N2O. The molecule has 0 aromatic rings. The Morgan fingerprint density at radius 1 is 1.19 bits per heavy atom. The Hall–Kier alpha value is -0.120. The molecule has 0 aromatic heterocycles. The summed E-state index contributed by atoms with van der Waals surface area (Å²) in [5, 5.41) is 0. The molecule has 1 aliphatic rings. The number of ether oxygens (including phenoxy) is 1. The molecule has 1 rings (SSSR count). The van der Waals surface area contributed by atoms with Crippen LogP contribution in [0.1, 0.15) is 34.6 Å². The van der Waals surface area contributed by atoms with Crippen LogP contribution in [-0.2, 0) is 4.74 Å². The maximum absolute atomic E-state index is 5.37. The van der Waals surface area contributed by atoms with Crippen LogP contribution in [0.3, 0.4) is 0 Å². The van der Waals surface area contributed by atoms with E-state index in [1.165, 1.54) is 6.54 Å². The molecule has 1 unspecified atom stereocenters. The van der Waals surface area contributed by atoms with E-state index in [9.17, 15) is 0 Å². The Balaban J connectivity index is 2.56. The molecular weight excluding hydrogens is 200 g/mol. The van der Waals surface area contributed by atoms with E-state index in [0.717, 1.165) is 19.6 Å². The fourth-order valence-corrected chi connectivity index (χ4v) is 2.39. The number of methoxy groups -OCH3 is 1. The van der Waals surface area contributed by atoms with Crippen molar-refractivity contribution in [3.63, 3.8) is 0 Å². The lowest BCUT2D eigenvalue weighted by Gasteiger charge is -2.49. The maximum atomic E-state index is 5.37. The number of hydrogen-bond donors (Lipinski definition) is 0. The van der Waals surface area contributed by atoms with Gasteiger partial charge in [0, 0.05) is 44.9 Å². The molecule has 1 aliphatic heterocycles. The predicted molar refractivity (Wildman–Crippen MR) is 68.8 cm³/mol. The third kappa shape index (κ3) is 3.44. The van der Waals surface area contributed by atoms with Crippen molar-refractivity contribution in [1.82, 2.24) is 9.80 Å². The highest BCUT2D eigenvalue weighted by molar-refractivity contribution is 4.91. The molecule has 0 radical (unpaired) electrons. The molecule has 3 nitrogen and oxygen atoms in total. The molecule has 1 fully saturated rings. The first-order chi connectivity index (χ1) is 7.36. The second-order valence-corrected chi connectivity index (χ2v) is 5.87. The van der Waals surface area contributed by atoms with Crippen molar-refractivity contribution in [2.45, 2.75) is 52.3 Å². The Bertz CT molecular complexity index is 216. The van der Waals surface area contributed by atoms with Crippen LogP contribution >= 0.6 is 0 Å². The average Bonchev–Trinajstić information content (AvgIpc) is 2.20. The Morgan fingerprint density at radius 3 is 2.25 bits per heavy atom. The lowest BCUT2D eigenvalue weighted by atomic mass is 9.97. The third-order valence-electron chi connectivity index (χ3n) is 3.71. The van der Waals surface area contributed by atoms with Crippen LogP contribution in [0.5, 0.6) is 0 Å². The van der Waals surface area contributed by atoms with Gasteiger partial charge in [-0.05, 0) is 34.6 Å². The second kappa shape index (κ2) is 5.48. The van der Waals surface area contributed by atoms with Crippen LogP contribution in [0.2, 0.25) is 0 Å². The highest BCUT2D eigenvalue weighted by Crippen LogP contribution is 2.22. The highest BCUT2D eigenvalue weighted by Gasteiger charge is 2.34. The number of piperazine rings is 1. The van der Waals surface area contributed by atoms with Crippen molar-refractivity contribution < 1.29 is 4.74 Å². The summed E-state index contributed by atoms with van der Waals surface area (Å²) >= 11 is 0. The minimum absolute atomic E-state index is 0.259. The van der Waals surface area contributed by atoms with Gasteiger partial charge in [0.15, 0.2) is 0 Å². The molecule has 16 heavy (non-hydrogen) atoms. The van der Waals surface area contributed by atoms with Gasteiger partial charge in [0.1, 0.15) is 0 Å². The number of nitrogens with zero attached hydrogens (tertiary/aromatic N) is 2. The topological polar surface area (TPSA) is 15.7 Å². The number of rotatable bonds is 4. The van der Waals surface area contributed by atoms with Crippen molar-refractivity contribution in [3.8, 4) is 0 Å². The monoisotopic (exact) mass is 228 g/mol. The summed E-state index contributed by atoms with van der Waals surface area (Å²) in [6.45, 7) is 15.9. The van der Waals surface area contributed by atoms with Crippen molar-refractivity contribution in [3.05, 3.63) is 0 Å². The van der Waals surface area contributed by atoms with E-state index in [2.05, 4.69) is 44.4 Å². The molecule has 0 saturated carbocycles. The minimum Gasteiger partial charge on any atom is -0.380 e. The van der Waals surface area contributed by atoms with Gasteiger partial charge < -0.3 is 4.74 Å². The Morgan fingerprint density at radius 2 is 1.81 bits per heavy atom. The van der Waals surface area contributed by atoms with E-state index < -0.39 is 0 Å². The van der Waals surface area contributed by atoms with E-state index in [1.807, 2.05) is 0 Å². The van der Waals surface area contributed by atoms with Crippen LogP contribution in [0, 0.1) is 0 Å². The summed E-state index contributed by atoms with van der Waals surface area (Å²) in [7, 11) is 1.79. The van der Waals surface area contributed by atoms with E-state index >= 15 is 0 Å². The molecule has 0 N–H and O–H groups in total. The minimum atomic E-state index is 0.259. The first-order valence-electron chi connectivity index (χ1n) is 6.38. The zero-order valence-electron chi connectivity index (χ0n) is 11.8. The van der Waals surface area contributed by atoms with Crippen molar-refractivity contribution in [2.75, 3.05) is 33.3 Å². The zero-order valence-corrected chi connectivity index (χ0v) is 11.8. The van der Waals surface area contributed by atoms with Gasteiger partial charge in [-0.2, -0.15) is 0 Å². The van der Waals surface area contributed by atoms with Crippen molar-refractivity contribution in [1.29, 1.82) is 0 Å². The van der Waals surface area contributed by atoms with Gasteiger partial charge >= 0.3 is 0 Å². The molecule has 0 aliphatic carbocycles. The highest BCUT2D eigenvalue weighted by atomic mass is 16.5. The van der Waals surface area contributed by atoms with Crippen LogP contribution in [0.4, 0.5) is 0 Å². The Kier molecular flexibility index (Phi) is 4.77. The van der Waals surface area contributed by atoms with Crippen LogP contribution < -0.4 is 0 Å². The molecule has 1 heterocycles. The van der Waals surface area contributed by atoms with Crippen molar-refractivity contribution >= 4 is 0 Å². The van der Waals surface area contributed by atoms with Gasteiger partial charge in [-0.3, -0.25) is 9.80 Å². The molecule has 0 aromatic carbocycles. The van der Waals surface area contributed by atoms with Crippen LogP contribution in [0.25, 0.3) is 0 Å². The lowest BCUT2D eigenvalue weighted by Crippen LogP contribution is -2.61. The first-order valence-corrected chi connectivity index (χ1v) is 6.38. The standard InChI is InChI=1S/C13H28N2O/c1-11(2)14-7-8-15(9-12(3)16-6)13(4,5)10-14/h11-12H,7-10H2,1-6H3. The van der Waals surface area contributed by atoms with E-state index in [0.29, 0.717) is 12.1 Å². The molecule has 3 heteroatoms. The summed E-state index contributed by atoms with van der Waals surface area (Å²) < 4.78 is 5.37. The Labute approximate surface area is 101 Å². The van der Waals surface area contributed by atoms with Gasteiger partial charge in [-0.1, -0.05) is 0 Å².